The maximum absolute atomic E-state index is 9.56. The lowest BCUT2D eigenvalue weighted by atomic mass is 10.2. The van der Waals surface area contributed by atoms with Crippen LogP contribution in [0.5, 0.6) is 23.0 Å². The first kappa shape index (κ1) is 45.1. The molecule has 0 radical (unpaired) electrons. The zero-order valence-electron chi connectivity index (χ0n) is 37.3. The maximum atomic E-state index is 9.56. The first-order chi connectivity index (χ1) is 30.2. The topological polar surface area (TPSA) is 257 Å². The number of nitrogens with one attached hydrogen (secondary N) is 2. The molecule has 0 spiro atoms. The summed E-state index contributed by atoms with van der Waals surface area (Å²) >= 11 is 0. The Hall–Kier alpha value is -7.39. The van der Waals surface area contributed by atoms with Gasteiger partial charge in [-0.25, -0.2) is 29.9 Å². The Morgan fingerprint density at radius 1 is 0.508 bits per heavy atom. The van der Waals surface area contributed by atoms with Crippen molar-refractivity contribution in [2.24, 2.45) is 0 Å². The minimum absolute atomic E-state index is 0.110. The fraction of sp³-hybridized carbons (Fsp3) is 0.357. The van der Waals surface area contributed by atoms with Gasteiger partial charge < -0.3 is 45.5 Å². The van der Waals surface area contributed by atoms with E-state index in [0.717, 1.165) is 39.5 Å². The van der Waals surface area contributed by atoms with Gasteiger partial charge in [-0.1, -0.05) is 12.1 Å². The summed E-state index contributed by atoms with van der Waals surface area (Å²) in [7, 11) is 6.46. The molecule has 21 heteroatoms. The molecule has 0 atom stereocenters. The third-order valence-corrected chi connectivity index (χ3v) is 9.99. The monoisotopic (exact) mass is 863 g/mol. The van der Waals surface area contributed by atoms with Crippen molar-refractivity contribution in [1.82, 2.24) is 58.7 Å². The molecule has 6 N–H and O–H groups in total. The van der Waals surface area contributed by atoms with Gasteiger partial charge in [-0.2, -0.15) is 13.5 Å². The molecular formula is C42H53N15O6. The van der Waals surface area contributed by atoms with Gasteiger partial charge in [-0.15, -0.1) is 15.3 Å². The Morgan fingerprint density at radius 2 is 0.905 bits per heavy atom. The molecule has 6 aromatic heterocycles. The number of ether oxygens (including phenoxy) is 4. The lowest BCUT2D eigenvalue weighted by Gasteiger charge is -2.12. The third kappa shape index (κ3) is 9.73. The van der Waals surface area contributed by atoms with Crippen molar-refractivity contribution in [3.05, 3.63) is 98.8 Å². The summed E-state index contributed by atoms with van der Waals surface area (Å²) in [4.78, 5) is 26.2. The lowest BCUT2D eigenvalue weighted by Crippen LogP contribution is -2.11. The molecule has 0 aliphatic carbocycles. The zero-order chi connectivity index (χ0) is 45.5. The third-order valence-electron chi connectivity index (χ3n) is 9.99. The highest BCUT2D eigenvalue weighted by Gasteiger charge is 2.16. The van der Waals surface area contributed by atoms with Crippen molar-refractivity contribution in [1.29, 1.82) is 0 Å². The van der Waals surface area contributed by atoms with Crippen LogP contribution in [0.3, 0.4) is 0 Å². The molecule has 21 nitrogen and oxygen atoms in total. The summed E-state index contributed by atoms with van der Waals surface area (Å²) < 4.78 is 26.0. The highest BCUT2D eigenvalue weighted by Crippen LogP contribution is 2.29. The van der Waals surface area contributed by atoms with Crippen LogP contribution in [-0.4, -0.2) is 97.4 Å². The lowest BCUT2D eigenvalue weighted by molar-refractivity contribution is 0.281. The Bertz CT molecular complexity index is 2890. The van der Waals surface area contributed by atoms with E-state index in [4.69, 9.17) is 29.8 Å². The number of hydrogen-bond acceptors (Lipinski definition) is 18. The van der Waals surface area contributed by atoms with Gasteiger partial charge >= 0.3 is 0 Å². The van der Waals surface area contributed by atoms with Crippen LogP contribution in [-0.2, 0) is 26.3 Å². The van der Waals surface area contributed by atoms with E-state index in [1.807, 2.05) is 71.0 Å². The van der Waals surface area contributed by atoms with Gasteiger partial charge in [-0.05, 0) is 83.9 Å². The number of nitrogens with zero attached hydrogens (tertiary/aromatic N) is 12. The van der Waals surface area contributed by atoms with Crippen molar-refractivity contribution in [3.8, 4) is 23.0 Å². The van der Waals surface area contributed by atoms with E-state index < -0.39 is 0 Å². The molecule has 63 heavy (non-hydrogen) atoms. The molecule has 0 saturated carbocycles. The smallest absolute Gasteiger partial charge is 0.226 e. The number of nitrogen functional groups attached to an aromatic ring is 1. The van der Waals surface area contributed by atoms with Crippen molar-refractivity contribution < 1.29 is 29.2 Å². The van der Waals surface area contributed by atoms with Crippen molar-refractivity contribution in [2.45, 2.75) is 74.8 Å². The number of aliphatic hydroxyl groups excluding tert-OH is 2. The second kappa shape index (κ2) is 19.5. The minimum Gasteiger partial charge on any atom is -0.493 e. The van der Waals surface area contributed by atoms with Gasteiger partial charge in [0.25, 0.3) is 0 Å². The van der Waals surface area contributed by atoms with Crippen LogP contribution in [0.4, 0.5) is 17.8 Å². The molecule has 0 saturated heterocycles. The summed E-state index contributed by atoms with van der Waals surface area (Å²) in [5.41, 5.74) is 14.5. The van der Waals surface area contributed by atoms with Gasteiger partial charge in [0.05, 0.1) is 53.0 Å². The molecule has 2 aromatic carbocycles. The van der Waals surface area contributed by atoms with Crippen LogP contribution in [0.25, 0.3) is 16.9 Å². The average molecular weight is 864 g/mol. The number of benzene rings is 2. The predicted octanol–water partition coefficient (Wildman–Crippen LogP) is 4.36. The zero-order valence-corrected chi connectivity index (χ0v) is 37.3. The summed E-state index contributed by atoms with van der Waals surface area (Å²) in [6.45, 7) is 13.9. The van der Waals surface area contributed by atoms with E-state index >= 15 is 0 Å². The highest BCUT2D eigenvalue weighted by atomic mass is 16.5. The first-order valence-corrected chi connectivity index (χ1v) is 19.8. The van der Waals surface area contributed by atoms with E-state index in [1.54, 1.807) is 51.3 Å². The van der Waals surface area contributed by atoms with E-state index in [1.165, 1.54) is 4.52 Å². The Morgan fingerprint density at radius 3 is 1.37 bits per heavy atom. The van der Waals surface area contributed by atoms with Gasteiger partial charge in [0.1, 0.15) is 17.5 Å². The molecule has 0 aliphatic heterocycles. The molecule has 0 bridgehead atoms. The summed E-state index contributed by atoms with van der Waals surface area (Å²) in [5.74, 6) is 6.24. The Balaban J connectivity index is 0.000000164. The number of hydrogen-bond donors (Lipinski definition) is 5. The molecule has 0 aliphatic rings. The molecule has 8 aromatic rings. The van der Waals surface area contributed by atoms with E-state index in [2.05, 4.69) is 55.8 Å². The Labute approximate surface area is 363 Å². The first-order valence-electron chi connectivity index (χ1n) is 19.8. The quantitative estimate of drug-likeness (QED) is 0.114. The molecule has 0 unspecified atom stereocenters. The van der Waals surface area contributed by atoms with Crippen LogP contribution in [0.1, 0.15) is 62.4 Å². The summed E-state index contributed by atoms with van der Waals surface area (Å²) in [5, 5.41) is 38.2. The van der Waals surface area contributed by atoms with Crippen LogP contribution in [0, 0.1) is 48.5 Å². The molecule has 0 fully saturated rings. The van der Waals surface area contributed by atoms with Crippen molar-refractivity contribution in [3.63, 3.8) is 0 Å². The number of rotatable bonds is 12. The van der Waals surface area contributed by atoms with Crippen LogP contribution in [0.15, 0.2) is 36.4 Å². The SMILES string of the molecule is COc1ccc(CNc2nc(C)c(C)c3nc(C)nn23)cc1OC.COc1ccc(CNc2nc(C)c(CO)c3nc(C)nn23)cc1OC.Cc1nc2c(CO)c(C)nc(N)n2n1. The van der Waals surface area contributed by atoms with Gasteiger partial charge in [0.2, 0.25) is 17.8 Å². The van der Waals surface area contributed by atoms with Crippen molar-refractivity contribution in [2.75, 3.05) is 44.8 Å². The number of fused-ring (bicyclic) bond motifs is 3. The predicted molar refractivity (Wildman–Crippen MR) is 236 cm³/mol. The summed E-state index contributed by atoms with van der Waals surface area (Å²) in [6, 6.07) is 11.5. The van der Waals surface area contributed by atoms with Crippen LogP contribution in [0.2, 0.25) is 0 Å². The largest absolute Gasteiger partial charge is 0.493 e. The average Bonchev–Trinajstić information content (AvgIpc) is 3.99. The van der Waals surface area contributed by atoms with E-state index in [9.17, 15) is 5.11 Å². The fourth-order valence-corrected chi connectivity index (χ4v) is 6.61. The Kier molecular flexibility index (Phi) is 14.0. The number of nitrogens with two attached hydrogens (primary N) is 1. The molecular weight excluding hydrogens is 811 g/mol. The van der Waals surface area contributed by atoms with Gasteiger partial charge in [-0.3, -0.25) is 0 Å². The summed E-state index contributed by atoms with van der Waals surface area (Å²) in [6.07, 6.45) is 0. The second-order valence-corrected chi connectivity index (χ2v) is 14.3. The fourth-order valence-electron chi connectivity index (χ4n) is 6.61. The minimum atomic E-state index is -0.129. The molecule has 332 valence electrons. The normalized spacial score (nSPS) is 10.9. The standard InChI is InChI=1S/C17H21N5O3.C17H21N5O2.C8H11N5O/c1-10-13(9-23)16-20-11(2)21-22(16)17(19-10)18-8-12-5-6-14(24-3)15(7-12)25-4;1-10-11(2)19-17(22-16(10)20-12(3)21-22)18-9-13-6-7-14(23-4)15(8-13)24-5;1-4-6(3-14)7-11-5(2)12-13(7)8(9)10-4/h5-7,23H,8-9H2,1-4H3,(H,18,19);6-8H,9H2,1-5H3,(H,18,19);14H,3H2,1-2H3,(H2,9,10). The van der Waals surface area contributed by atoms with Gasteiger partial charge in [0.15, 0.2) is 39.9 Å². The van der Waals surface area contributed by atoms with E-state index in [0.29, 0.717) is 87.7 Å². The number of aromatic nitrogens is 12. The maximum Gasteiger partial charge on any atom is 0.226 e. The van der Waals surface area contributed by atoms with E-state index in [-0.39, 0.29) is 19.2 Å². The molecule has 6 heterocycles. The van der Waals surface area contributed by atoms with Gasteiger partial charge in [0, 0.05) is 35.5 Å². The number of aryl methyl sites for hydroxylation is 7. The van der Waals surface area contributed by atoms with Crippen LogP contribution >= 0.6 is 0 Å². The molecule has 8 rings (SSSR count). The van der Waals surface area contributed by atoms with Crippen molar-refractivity contribution >= 4 is 34.8 Å². The number of aliphatic hydroxyl groups is 2. The van der Waals surface area contributed by atoms with Crippen LogP contribution < -0.4 is 35.3 Å². The number of anilines is 3. The second-order valence-electron chi connectivity index (χ2n) is 14.3. The number of methoxy groups -OCH3 is 4. The molecule has 0 amide bonds. The highest BCUT2D eigenvalue weighted by molar-refractivity contribution is 5.56.